The summed E-state index contributed by atoms with van der Waals surface area (Å²) in [6, 6.07) is 0. The van der Waals surface area contributed by atoms with Crippen molar-refractivity contribution in [1.82, 2.24) is 0 Å². The quantitative estimate of drug-likeness (QED) is 0.724. The van der Waals surface area contributed by atoms with E-state index in [2.05, 4.69) is 26.0 Å². The van der Waals surface area contributed by atoms with Crippen LogP contribution in [0.5, 0.6) is 0 Å². The second-order valence-corrected chi connectivity index (χ2v) is 9.39. The molecule has 1 spiro atoms. The van der Waals surface area contributed by atoms with E-state index < -0.39 is 10.8 Å². The first kappa shape index (κ1) is 15.4. The lowest BCUT2D eigenvalue weighted by atomic mass is 9.41. The van der Waals surface area contributed by atoms with E-state index in [4.69, 9.17) is 0 Å². The van der Waals surface area contributed by atoms with Crippen LogP contribution in [0.25, 0.3) is 0 Å². The lowest BCUT2D eigenvalue weighted by molar-refractivity contribution is -0.162. The monoisotopic (exact) mass is 316 g/mol. The number of hydrogen-bond acceptors (Lipinski definition) is 3. The topological polar surface area (TPSA) is 57.5 Å². The summed E-state index contributed by atoms with van der Waals surface area (Å²) in [6.07, 6.45) is 11.7. The Morgan fingerprint density at radius 1 is 1.13 bits per heavy atom. The van der Waals surface area contributed by atoms with Crippen LogP contribution in [0.3, 0.4) is 0 Å². The van der Waals surface area contributed by atoms with Crippen LogP contribution < -0.4 is 0 Å². The van der Waals surface area contributed by atoms with E-state index in [0.29, 0.717) is 0 Å². The summed E-state index contributed by atoms with van der Waals surface area (Å²) < 4.78 is 0. The summed E-state index contributed by atoms with van der Waals surface area (Å²) >= 11 is 0. The predicted molar refractivity (Wildman–Crippen MR) is 88.8 cm³/mol. The van der Waals surface area contributed by atoms with Gasteiger partial charge in [-0.1, -0.05) is 32.9 Å². The number of hydrogen-bond donors (Lipinski definition) is 2. The molecule has 6 atom stereocenters. The van der Waals surface area contributed by atoms with Gasteiger partial charge in [0.25, 0.3) is 0 Å². The molecule has 2 bridgehead atoms. The van der Waals surface area contributed by atoms with Gasteiger partial charge < -0.3 is 10.2 Å². The number of Topliss-reactive ketones (excluding diaryl/α,β-unsaturated/α-hetero) is 1. The van der Waals surface area contributed by atoms with Crippen molar-refractivity contribution in [3.8, 4) is 0 Å². The molecule has 0 amide bonds. The standard InChI is InChI=1S/C20H28O3/c1-17-6-4-15-19(3)14(5-7-20(15,11-17)9-8-17)18(2,12-21)10-13(22)16(19)23/h8-10,14-15,21-22H,4-7,11-12H2,1-3H3/t14-,15-,17+,18-,19+,20-/m0/s1. The molecule has 0 heterocycles. The van der Waals surface area contributed by atoms with Gasteiger partial charge in [-0.25, -0.2) is 0 Å². The van der Waals surface area contributed by atoms with Gasteiger partial charge in [0.05, 0.1) is 6.61 Å². The van der Waals surface area contributed by atoms with Crippen molar-refractivity contribution in [2.24, 2.45) is 33.5 Å². The third-order valence-corrected chi connectivity index (χ3v) is 7.92. The van der Waals surface area contributed by atoms with E-state index in [1.54, 1.807) is 6.08 Å². The van der Waals surface area contributed by atoms with Gasteiger partial charge in [0.1, 0.15) is 0 Å². The molecule has 4 aliphatic rings. The normalized spacial score (nSPS) is 54.4. The Labute approximate surface area is 138 Å². The molecule has 3 nitrogen and oxygen atoms in total. The van der Waals surface area contributed by atoms with Crippen molar-refractivity contribution in [3.05, 3.63) is 24.0 Å². The molecule has 4 rings (SSSR count). The zero-order valence-corrected chi connectivity index (χ0v) is 14.4. The van der Waals surface area contributed by atoms with Gasteiger partial charge in [-0.15, -0.1) is 0 Å². The average molecular weight is 316 g/mol. The molecule has 2 fully saturated rings. The highest BCUT2D eigenvalue weighted by Crippen LogP contribution is 2.70. The van der Waals surface area contributed by atoms with Crippen molar-refractivity contribution in [3.63, 3.8) is 0 Å². The number of ketones is 1. The Balaban J connectivity index is 1.85. The first-order chi connectivity index (χ1) is 10.7. The lowest BCUT2D eigenvalue weighted by Crippen LogP contribution is -2.61. The molecule has 0 saturated heterocycles. The van der Waals surface area contributed by atoms with Gasteiger partial charge in [-0.2, -0.15) is 0 Å². The SMILES string of the molecule is C[C@]12C=C[C@@]3(CC[C@@H]4[C@@](C)(C(=O)C(O)=C[C@@]4(C)CO)[C@@H]3CC1)C2. The van der Waals surface area contributed by atoms with Gasteiger partial charge in [0.15, 0.2) is 5.76 Å². The van der Waals surface area contributed by atoms with Crippen LogP contribution in [0.15, 0.2) is 24.0 Å². The Morgan fingerprint density at radius 3 is 2.52 bits per heavy atom. The number of aliphatic hydroxyl groups excluding tert-OH is 2. The van der Waals surface area contributed by atoms with E-state index in [1.807, 2.05) is 6.92 Å². The molecule has 4 aliphatic carbocycles. The molecular formula is C20H28O3. The smallest absolute Gasteiger partial charge is 0.203 e. The van der Waals surface area contributed by atoms with Crippen LogP contribution in [-0.2, 0) is 4.79 Å². The first-order valence-electron chi connectivity index (χ1n) is 8.97. The molecule has 0 radical (unpaired) electrons. The van der Waals surface area contributed by atoms with Crippen LogP contribution >= 0.6 is 0 Å². The Hall–Kier alpha value is -1.09. The van der Waals surface area contributed by atoms with E-state index in [-0.39, 0.29) is 40.8 Å². The molecule has 3 heteroatoms. The Morgan fingerprint density at radius 2 is 1.83 bits per heavy atom. The summed E-state index contributed by atoms with van der Waals surface area (Å²) in [6.45, 7) is 6.38. The third-order valence-electron chi connectivity index (χ3n) is 7.92. The van der Waals surface area contributed by atoms with E-state index in [1.165, 1.54) is 0 Å². The van der Waals surface area contributed by atoms with E-state index in [0.717, 1.165) is 32.1 Å². The van der Waals surface area contributed by atoms with Gasteiger partial charge >= 0.3 is 0 Å². The molecular weight excluding hydrogens is 288 g/mol. The summed E-state index contributed by atoms with van der Waals surface area (Å²) in [5.41, 5.74) is -0.667. The number of allylic oxidation sites excluding steroid dienone is 3. The zero-order valence-electron chi connectivity index (χ0n) is 14.4. The first-order valence-corrected chi connectivity index (χ1v) is 8.97. The van der Waals surface area contributed by atoms with Crippen molar-refractivity contribution in [1.29, 1.82) is 0 Å². The molecule has 2 N–H and O–H groups in total. The highest BCUT2D eigenvalue weighted by atomic mass is 16.3. The van der Waals surface area contributed by atoms with Crippen LogP contribution in [0, 0.1) is 33.5 Å². The molecule has 0 aromatic carbocycles. The van der Waals surface area contributed by atoms with Crippen LogP contribution in [0.2, 0.25) is 0 Å². The minimum absolute atomic E-state index is 0.0160. The molecule has 23 heavy (non-hydrogen) atoms. The minimum atomic E-state index is -0.565. The number of aliphatic hydroxyl groups is 2. The van der Waals surface area contributed by atoms with Crippen LogP contribution in [0.4, 0.5) is 0 Å². The summed E-state index contributed by atoms with van der Waals surface area (Å²) in [4.78, 5) is 13.1. The molecule has 0 aliphatic heterocycles. The van der Waals surface area contributed by atoms with Gasteiger partial charge in [0.2, 0.25) is 5.78 Å². The van der Waals surface area contributed by atoms with Crippen LogP contribution in [0.1, 0.15) is 52.9 Å². The highest BCUT2D eigenvalue weighted by Gasteiger charge is 2.66. The molecule has 2 saturated carbocycles. The maximum atomic E-state index is 13.1. The molecule has 0 unspecified atom stereocenters. The fourth-order valence-corrected chi connectivity index (χ4v) is 6.85. The second-order valence-electron chi connectivity index (χ2n) is 9.39. The largest absolute Gasteiger partial charge is 0.505 e. The van der Waals surface area contributed by atoms with Crippen molar-refractivity contribution < 1.29 is 15.0 Å². The number of rotatable bonds is 1. The van der Waals surface area contributed by atoms with Gasteiger partial charge in [0, 0.05) is 10.8 Å². The van der Waals surface area contributed by atoms with Crippen molar-refractivity contribution in [2.75, 3.05) is 6.61 Å². The molecule has 0 aromatic rings. The lowest BCUT2D eigenvalue weighted by Gasteiger charge is -2.62. The number of carbonyl (C=O) groups is 1. The summed E-state index contributed by atoms with van der Waals surface area (Å²) in [5, 5.41) is 20.3. The zero-order chi connectivity index (χ0) is 16.7. The van der Waals surface area contributed by atoms with Gasteiger partial charge in [-0.05, 0) is 60.8 Å². The highest BCUT2D eigenvalue weighted by molar-refractivity contribution is 5.99. The number of carbonyl (C=O) groups excluding carboxylic acids is 1. The average Bonchev–Trinajstić information content (AvgIpc) is 2.75. The second kappa shape index (κ2) is 4.30. The number of fused-ring (bicyclic) bond motifs is 3. The van der Waals surface area contributed by atoms with E-state index in [9.17, 15) is 15.0 Å². The van der Waals surface area contributed by atoms with Crippen molar-refractivity contribution >= 4 is 5.78 Å². The third kappa shape index (κ3) is 1.72. The fraction of sp³-hybridized carbons (Fsp3) is 0.750. The summed E-state index contributed by atoms with van der Waals surface area (Å²) in [7, 11) is 0. The maximum absolute atomic E-state index is 13.1. The van der Waals surface area contributed by atoms with Gasteiger partial charge in [-0.3, -0.25) is 4.79 Å². The van der Waals surface area contributed by atoms with E-state index >= 15 is 0 Å². The Bertz CT molecular complexity index is 635. The van der Waals surface area contributed by atoms with Crippen LogP contribution in [-0.4, -0.2) is 22.6 Å². The Kier molecular flexibility index (Phi) is 2.89. The molecule has 126 valence electrons. The fourth-order valence-electron chi connectivity index (χ4n) is 6.85. The maximum Gasteiger partial charge on any atom is 0.203 e. The minimum Gasteiger partial charge on any atom is -0.505 e. The molecule has 0 aromatic heterocycles. The summed E-state index contributed by atoms with van der Waals surface area (Å²) in [5.74, 6) is 0.154. The predicted octanol–water partition coefficient (Wildman–Crippen LogP) is 3.79. The van der Waals surface area contributed by atoms with Crippen molar-refractivity contribution in [2.45, 2.75) is 52.9 Å².